The molecule has 0 heterocycles. The predicted molar refractivity (Wildman–Crippen MR) is 32.1 cm³/mol. The molecule has 0 aliphatic rings. The Hall–Kier alpha value is -1.30. The number of rotatable bonds is 2. The van der Waals surface area contributed by atoms with Gasteiger partial charge in [0.1, 0.15) is 6.10 Å². The van der Waals surface area contributed by atoms with Crippen molar-refractivity contribution in [3.8, 4) is 0 Å². The zero-order chi connectivity index (χ0) is 8.85. The number of aliphatic hydroxyl groups is 1. The lowest BCUT2D eigenvalue weighted by molar-refractivity contribution is 0.0153. The van der Waals surface area contributed by atoms with Gasteiger partial charge in [-0.05, 0) is 6.92 Å². The minimum Gasteiger partial charge on any atom is -0.449 e. The standard InChI is InChI=1S/C5H8O6/c1-3(2-6)10-5(9)11-4(7)8/h3,6H,2H2,1H3,(H,7,8). The highest BCUT2D eigenvalue weighted by Crippen LogP contribution is 1.92. The molecule has 0 spiro atoms. The average Bonchev–Trinajstić information content (AvgIpc) is 1.85. The molecule has 0 radical (unpaired) electrons. The lowest BCUT2D eigenvalue weighted by Gasteiger charge is -2.07. The number of hydrogen-bond acceptors (Lipinski definition) is 5. The highest BCUT2D eigenvalue weighted by molar-refractivity contribution is 5.75. The van der Waals surface area contributed by atoms with E-state index in [0.29, 0.717) is 0 Å². The largest absolute Gasteiger partial charge is 0.518 e. The summed E-state index contributed by atoms with van der Waals surface area (Å²) in [5.74, 6) is 0. The van der Waals surface area contributed by atoms with Crippen LogP contribution in [-0.2, 0) is 9.47 Å². The Labute approximate surface area is 62.3 Å². The molecular formula is C5H8O6. The van der Waals surface area contributed by atoms with E-state index in [1.807, 2.05) is 0 Å². The third-order valence-electron chi connectivity index (χ3n) is 0.725. The molecular weight excluding hydrogens is 156 g/mol. The lowest BCUT2D eigenvalue weighted by atomic mass is 10.4. The second kappa shape index (κ2) is 4.51. The smallest absolute Gasteiger partial charge is 0.449 e. The van der Waals surface area contributed by atoms with E-state index >= 15 is 0 Å². The van der Waals surface area contributed by atoms with Crippen molar-refractivity contribution >= 4 is 12.3 Å². The van der Waals surface area contributed by atoms with Crippen LogP contribution < -0.4 is 0 Å². The molecule has 1 unspecified atom stereocenters. The summed E-state index contributed by atoms with van der Waals surface area (Å²) in [6.07, 6.45) is -3.83. The molecule has 0 fully saturated rings. The molecule has 0 aromatic heterocycles. The van der Waals surface area contributed by atoms with Crippen LogP contribution in [0.15, 0.2) is 0 Å². The maximum Gasteiger partial charge on any atom is 0.518 e. The van der Waals surface area contributed by atoms with Crippen LogP contribution >= 0.6 is 0 Å². The average molecular weight is 164 g/mol. The lowest BCUT2D eigenvalue weighted by Crippen LogP contribution is -2.20. The molecule has 0 rings (SSSR count). The molecule has 64 valence electrons. The third-order valence-corrected chi connectivity index (χ3v) is 0.725. The highest BCUT2D eigenvalue weighted by Gasteiger charge is 2.12. The third kappa shape index (κ3) is 5.16. The van der Waals surface area contributed by atoms with E-state index in [4.69, 9.17) is 10.2 Å². The van der Waals surface area contributed by atoms with Crippen LogP contribution in [0.1, 0.15) is 6.92 Å². The molecule has 2 N–H and O–H groups in total. The van der Waals surface area contributed by atoms with E-state index in [2.05, 4.69) is 9.47 Å². The summed E-state index contributed by atoms with van der Waals surface area (Å²) < 4.78 is 7.79. The fourth-order valence-electron chi connectivity index (χ4n) is 0.297. The molecule has 0 amide bonds. The fourth-order valence-corrected chi connectivity index (χ4v) is 0.297. The molecule has 0 aliphatic heterocycles. The highest BCUT2D eigenvalue weighted by atomic mass is 16.8. The van der Waals surface area contributed by atoms with Crippen LogP contribution in [-0.4, -0.2) is 35.2 Å². The van der Waals surface area contributed by atoms with Crippen LogP contribution in [0.5, 0.6) is 0 Å². The molecule has 0 bridgehead atoms. The van der Waals surface area contributed by atoms with Gasteiger partial charge in [-0.1, -0.05) is 0 Å². The minimum absolute atomic E-state index is 0.380. The van der Waals surface area contributed by atoms with Crippen molar-refractivity contribution in [1.82, 2.24) is 0 Å². The molecule has 0 aromatic carbocycles. The van der Waals surface area contributed by atoms with Crippen molar-refractivity contribution in [2.75, 3.05) is 6.61 Å². The van der Waals surface area contributed by atoms with E-state index in [1.165, 1.54) is 6.92 Å². The van der Waals surface area contributed by atoms with Gasteiger partial charge < -0.3 is 19.7 Å². The summed E-state index contributed by atoms with van der Waals surface area (Å²) in [5, 5.41) is 16.2. The van der Waals surface area contributed by atoms with Gasteiger partial charge in [0.25, 0.3) is 0 Å². The van der Waals surface area contributed by atoms with Gasteiger partial charge in [0.2, 0.25) is 0 Å². The van der Waals surface area contributed by atoms with Crippen molar-refractivity contribution in [3.05, 3.63) is 0 Å². The Morgan fingerprint density at radius 2 is 2.09 bits per heavy atom. The van der Waals surface area contributed by atoms with Crippen molar-refractivity contribution < 1.29 is 29.3 Å². The summed E-state index contributed by atoms with van der Waals surface area (Å²) in [7, 11) is 0. The first-order valence-corrected chi connectivity index (χ1v) is 2.78. The number of carboxylic acid groups (broad SMARTS) is 1. The zero-order valence-corrected chi connectivity index (χ0v) is 5.81. The van der Waals surface area contributed by atoms with Gasteiger partial charge in [0.05, 0.1) is 6.61 Å². The molecule has 1 atom stereocenters. The predicted octanol–water partition coefficient (Wildman–Crippen LogP) is 0.198. The summed E-state index contributed by atoms with van der Waals surface area (Å²) >= 11 is 0. The van der Waals surface area contributed by atoms with E-state index < -0.39 is 18.4 Å². The van der Waals surface area contributed by atoms with Gasteiger partial charge in [-0.2, -0.15) is 0 Å². The number of carbonyl (C=O) groups is 2. The second-order valence-corrected chi connectivity index (χ2v) is 1.73. The molecule has 6 nitrogen and oxygen atoms in total. The van der Waals surface area contributed by atoms with Crippen molar-refractivity contribution in [3.63, 3.8) is 0 Å². The Bertz CT molecular complexity index is 153. The second-order valence-electron chi connectivity index (χ2n) is 1.73. The first-order chi connectivity index (χ1) is 5.06. The minimum atomic E-state index is -1.74. The maximum atomic E-state index is 10.3. The van der Waals surface area contributed by atoms with Crippen LogP contribution in [0.3, 0.4) is 0 Å². The molecule has 0 aromatic rings. The van der Waals surface area contributed by atoms with Crippen molar-refractivity contribution in [1.29, 1.82) is 0 Å². The Kier molecular flexibility index (Phi) is 3.97. The Morgan fingerprint density at radius 1 is 1.55 bits per heavy atom. The van der Waals surface area contributed by atoms with E-state index in [9.17, 15) is 9.59 Å². The summed E-state index contributed by atoms with van der Waals surface area (Å²) in [6, 6.07) is 0. The number of aliphatic hydroxyl groups excluding tert-OH is 1. The Morgan fingerprint density at radius 3 is 2.45 bits per heavy atom. The van der Waals surface area contributed by atoms with Crippen LogP contribution in [0.2, 0.25) is 0 Å². The van der Waals surface area contributed by atoms with Crippen LogP contribution in [0, 0.1) is 0 Å². The maximum absolute atomic E-state index is 10.3. The van der Waals surface area contributed by atoms with Crippen LogP contribution in [0.4, 0.5) is 9.59 Å². The molecule has 11 heavy (non-hydrogen) atoms. The van der Waals surface area contributed by atoms with Gasteiger partial charge >= 0.3 is 12.3 Å². The van der Waals surface area contributed by atoms with Gasteiger partial charge in [-0.25, -0.2) is 9.59 Å². The van der Waals surface area contributed by atoms with E-state index in [1.54, 1.807) is 0 Å². The van der Waals surface area contributed by atoms with Gasteiger partial charge in [-0.3, -0.25) is 0 Å². The molecule has 6 heteroatoms. The van der Waals surface area contributed by atoms with Crippen LogP contribution in [0.25, 0.3) is 0 Å². The topological polar surface area (TPSA) is 93.1 Å². The molecule has 0 saturated carbocycles. The normalized spacial score (nSPS) is 11.8. The first kappa shape index (κ1) is 9.70. The van der Waals surface area contributed by atoms with Crippen molar-refractivity contribution in [2.45, 2.75) is 13.0 Å². The monoisotopic (exact) mass is 164 g/mol. The summed E-state index contributed by atoms with van der Waals surface area (Å²) in [5.41, 5.74) is 0. The quantitative estimate of drug-likeness (QED) is 0.447. The number of ether oxygens (including phenoxy) is 2. The number of hydrogen-bond donors (Lipinski definition) is 2. The SMILES string of the molecule is CC(CO)OC(=O)OC(=O)O. The molecule has 0 saturated heterocycles. The summed E-state index contributed by atoms with van der Waals surface area (Å²) in [4.78, 5) is 20.0. The van der Waals surface area contributed by atoms with Gasteiger partial charge in [0, 0.05) is 0 Å². The van der Waals surface area contributed by atoms with Crippen molar-refractivity contribution in [2.24, 2.45) is 0 Å². The number of carbonyl (C=O) groups excluding carboxylic acids is 1. The Balaban J connectivity index is 3.60. The van der Waals surface area contributed by atoms with E-state index in [-0.39, 0.29) is 6.61 Å². The van der Waals surface area contributed by atoms with Gasteiger partial charge in [-0.15, -0.1) is 0 Å². The molecule has 0 aliphatic carbocycles. The summed E-state index contributed by atoms with van der Waals surface area (Å²) in [6.45, 7) is 1.01. The van der Waals surface area contributed by atoms with Gasteiger partial charge in [0.15, 0.2) is 0 Å². The zero-order valence-electron chi connectivity index (χ0n) is 5.81. The van der Waals surface area contributed by atoms with E-state index in [0.717, 1.165) is 0 Å². The fraction of sp³-hybridized carbons (Fsp3) is 0.600. The first-order valence-electron chi connectivity index (χ1n) is 2.78.